The van der Waals surface area contributed by atoms with Crippen LogP contribution in [0.5, 0.6) is 0 Å². The molecule has 0 aliphatic rings. The van der Waals surface area contributed by atoms with Crippen molar-refractivity contribution in [3.63, 3.8) is 0 Å². The number of nitrogens with zero attached hydrogens (tertiary/aromatic N) is 1. The number of rotatable bonds is 2. The van der Waals surface area contributed by atoms with Crippen molar-refractivity contribution in [3.8, 4) is 0 Å². The molecule has 66 valence electrons. The van der Waals surface area contributed by atoms with E-state index in [1.54, 1.807) is 13.2 Å². The molecule has 1 heterocycles. The normalized spacial score (nSPS) is 8.42. The Morgan fingerprint density at radius 1 is 1.58 bits per heavy atom. The topological polar surface area (TPSA) is 62.2 Å². The van der Waals surface area contributed by atoms with Crippen molar-refractivity contribution in [2.24, 2.45) is 0 Å². The van der Waals surface area contributed by atoms with E-state index in [0.717, 1.165) is 0 Å². The molecule has 0 aliphatic heterocycles. The van der Waals surface area contributed by atoms with Crippen molar-refractivity contribution in [1.82, 2.24) is 4.98 Å². The van der Waals surface area contributed by atoms with Crippen LogP contribution in [0.1, 0.15) is 10.4 Å². The van der Waals surface area contributed by atoms with Gasteiger partial charge in [-0.05, 0) is 6.07 Å². The second-order valence-corrected chi connectivity index (χ2v) is 2.02. The van der Waals surface area contributed by atoms with E-state index in [-0.39, 0.29) is 18.0 Å². The Balaban J connectivity index is 0.00000121. The highest BCUT2D eigenvalue weighted by Gasteiger charge is 2.01. The molecule has 0 unspecified atom stereocenters. The summed E-state index contributed by atoms with van der Waals surface area (Å²) in [6, 6.07) is 1.52. The van der Waals surface area contributed by atoms with E-state index in [1.807, 2.05) is 0 Å². The molecule has 2 N–H and O–H groups in total. The van der Waals surface area contributed by atoms with Crippen LogP contribution in [-0.2, 0) is 0 Å². The lowest BCUT2D eigenvalue weighted by molar-refractivity contribution is 0.0696. The molecule has 1 aromatic rings. The molecule has 5 heteroatoms. The summed E-state index contributed by atoms with van der Waals surface area (Å²) >= 11 is 0. The van der Waals surface area contributed by atoms with Crippen molar-refractivity contribution in [2.45, 2.75) is 0 Å². The summed E-state index contributed by atoms with van der Waals surface area (Å²) in [6.07, 6.45) is 2.87. The SMILES string of the molecule is CNc1cncc(C(=O)O)c1.Cl. The number of hydrogen-bond acceptors (Lipinski definition) is 3. The molecule has 0 aromatic carbocycles. The number of carboxylic acids is 1. The lowest BCUT2D eigenvalue weighted by atomic mass is 10.3. The van der Waals surface area contributed by atoms with Gasteiger partial charge in [0.1, 0.15) is 0 Å². The van der Waals surface area contributed by atoms with Crippen LogP contribution in [0.15, 0.2) is 18.5 Å². The summed E-state index contributed by atoms with van der Waals surface area (Å²) in [5, 5.41) is 11.3. The van der Waals surface area contributed by atoms with Gasteiger partial charge in [0, 0.05) is 19.4 Å². The molecule has 4 nitrogen and oxygen atoms in total. The number of aromatic carboxylic acids is 1. The molecule has 0 saturated carbocycles. The largest absolute Gasteiger partial charge is 0.478 e. The maximum atomic E-state index is 10.4. The van der Waals surface area contributed by atoms with Gasteiger partial charge in [-0.1, -0.05) is 0 Å². The summed E-state index contributed by atoms with van der Waals surface area (Å²) in [4.78, 5) is 14.1. The zero-order valence-corrected chi connectivity index (χ0v) is 7.26. The lowest BCUT2D eigenvalue weighted by Crippen LogP contribution is -1.98. The quantitative estimate of drug-likeness (QED) is 0.733. The Bertz CT molecular complexity index is 278. The first-order valence-electron chi connectivity index (χ1n) is 3.10. The number of nitrogens with one attached hydrogen (secondary N) is 1. The van der Waals surface area contributed by atoms with Crippen molar-refractivity contribution in [1.29, 1.82) is 0 Å². The van der Waals surface area contributed by atoms with Crippen LogP contribution >= 0.6 is 12.4 Å². The second kappa shape index (κ2) is 4.56. The van der Waals surface area contributed by atoms with Gasteiger partial charge in [-0.25, -0.2) is 4.79 Å². The molecule has 0 aliphatic carbocycles. The minimum atomic E-state index is -0.963. The lowest BCUT2D eigenvalue weighted by Gasteiger charge is -1.98. The van der Waals surface area contributed by atoms with Crippen LogP contribution in [0.3, 0.4) is 0 Å². The summed E-state index contributed by atoms with van der Waals surface area (Å²) in [6.45, 7) is 0. The van der Waals surface area contributed by atoms with E-state index in [4.69, 9.17) is 5.11 Å². The Kier molecular flexibility index (Phi) is 4.07. The van der Waals surface area contributed by atoms with E-state index < -0.39 is 5.97 Å². The van der Waals surface area contributed by atoms with Gasteiger partial charge >= 0.3 is 5.97 Å². The third-order valence-corrected chi connectivity index (χ3v) is 1.27. The second-order valence-electron chi connectivity index (χ2n) is 2.02. The first-order chi connectivity index (χ1) is 5.24. The maximum Gasteiger partial charge on any atom is 0.337 e. The maximum absolute atomic E-state index is 10.4. The first kappa shape index (κ1) is 10.7. The molecule has 0 spiro atoms. The third-order valence-electron chi connectivity index (χ3n) is 1.27. The Hall–Kier alpha value is -1.29. The number of pyridine rings is 1. The molecule has 12 heavy (non-hydrogen) atoms. The fraction of sp³-hybridized carbons (Fsp3) is 0.143. The molecule has 0 radical (unpaired) electrons. The average Bonchev–Trinajstić information content (AvgIpc) is 2.05. The van der Waals surface area contributed by atoms with Crippen molar-refractivity contribution in [3.05, 3.63) is 24.0 Å². The predicted molar refractivity (Wildman–Crippen MR) is 48.0 cm³/mol. The van der Waals surface area contributed by atoms with E-state index in [9.17, 15) is 4.79 Å². The van der Waals surface area contributed by atoms with Gasteiger partial charge in [-0.3, -0.25) is 4.98 Å². The van der Waals surface area contributed by atoms with Crippen LogP contribution in [0.2, 0.25) is 0 Å². The summed E-state index contributed by atoms with van der Waals surface area (Å²) < 4.78 is 0. The Labute approximate surface area is 76.0 Å². The van der Waals surface area contributed by atoms with Crippen molar-refractivity contribution < 1.29 is 9.90 Å². The highest BCUT2D eigenvalue weighted by Crippen LogP contribution is 2.06. The van der Waals surface area contributed by atoms with E-state index in [1.165, 1.54) is 12.3 Å². The zero-order chi connectivity index (χ0) is 8.27. The van der Waals surface area contributed by atoms with E-state index in [2.05, 4.69) is 10.3 Å². The Morgan fingerprint density at radius 3 is 2.75 bits per heavy atom. The van der Waals surface area contributed by atoms with Crippen molar-refractivity contribution >= 4 is 24.1 Å². The highest BCUT2D eigenvalue weighted by molar-refractivity contribution is 5.88. The fourth-order valence-corrected chi connectivity index (χ4v) is 0.694. The third kappa shape index (κ3) is 2.39. The van der Waals surface area contributed by atoms with E-state index in [0.29, 0.717) is 5.69 Å². The number of anilines is 1. The summed E-state index contributed by atoms with van der Waals surface area (Å²) in [5.41, 5.74) is 0.891. The number of carboxylic acid groups (broad SMARTS) is 1. The molecular weight excluding hydrogens is 180 g/mol. The molecule has 1 rings (SSSR count). The van der Waals surface area contributed by atoms with Gasteiger partial charge in [0.15, 0.2) is 0 Å². The van der Waals surface area contributed by atoms with Gasteiger partial charge in [-0.2, -0.15) is 0 Å². The minimum absolute atomic E-state index is 0. The number of aromatic nitrogens is 1. The molecule has 0 saturated heterocycles. The van der Waals surface area contributed by atoms with Crippen LogP contribution in [0, 0.1) is 0 Å². The monoisotopic (exact) mass is 188 g/mol. The van der Waals surface area contributed by atoms with Crippen LogP contribution in [0.25, 0.3) is 0 Å². The molecule has 0 fully saturated rings. The van der Waals surface area contributed by atoms with Crippen LogP contribution in [0.4, 0.5) is 5.69 Å². The first-order valence-corrected chi connectivity index (χ1v) is 3.10. The van der Waals surface area contributed by atoms with Gasteiger partial charge in [0.25, 0.3) is 0 Å². The smallest absolute Gasteiger partial charge is 0.337 e. The molecular formula is C7H9ClN2O2. The zero-order valence-electron chi connectivity index (χ0n) is 6.44. The van der Waals surface area contributed by atoms with Crippen LogP contribution < -0.4 is 5.32 Å². The van der Waals surface area contributed by atoms with Gasteiger partial charge < -0.3 is 10.4 Å². The summed E-state index contributed by atoms with van der Waals surface area (Å²) in [5.74, 6) is -0.963. The Morgan fingerprint density at radius 2 is 2.25 bits per heavy atom. The van der Waals surface area contributed by atoms with Crippen molar-refractivity contribution in [2.75, 3.05) is 12.4 Å². The summed E-state index contributed by atoms with van der Waals surface area (Å²) in [7, 11) is 1.71. The number of halogens is 1. The molecule has 0 bridgehead atoms. The van der Waals surface area contributed by atoms with Gasteiger partial charge in [0.2, 0.25) is 0 Å². The predicted octanol–water partition coefficient (Wildman–Crippen LogP) is 1.24. The van der Waals surface area contributed by atoms with Crippen LogP contribution in [-0.4, -0.2) is 23.1 Å². The fourth-order valence-electron chi connectivity index (χ4n) is 0.694. The standard InChI is InChI=1S/C7H8N2O2.ClH/c1-8-6-2-5(7(10)11)3-9-4-6;/h2-4,8H,1H3,(H,10,11);1H. The minimum Gasteiger partial charge on any atom is -0.478 e. The van der Waals surface area contributed by atoms with Gasteiger partial charge in [0.05, 0.1) is 11.3 Å². The molecule has 0 atom stereocenters. The van der Waals surface area contributed by atoms with Gasteiger partial charge in [-0.15, -0.1) is 12.4 Å². The number of hydrogen-bond donors (Lipinski definition) is 2. The molecule has 1 aromatic heterocycles. The molecule has 0 amide bonds. The number of carbonyl (C=O) groups is 1. The average molecular weight is 189 g/mol. The van der Waals surface area contributed by atoms with E-state index >= 15 is 0 Å². The highest BCUT2D eigenvalue weighted by atomic mass is 35.5.